The zero-order valence-corrected chi connectivity index (χ0v) is 12.5. The van der Waals surface area contributed by atoms with E-state index < -0.39 is 0 Å². The largest absolute Gasteiger partial charge is 0.393 e. The number of amides is 2. The molecule has 3 N–H and O–H groups in total. The van der Waals surface area contributed by atoms with E-state index in [9.17, 15) is 9.90 Å². The first kappa shape index (κ1) is 15.6. The lowest BCUT2D eigenvalue weighted by atomic mass is 9.89. The molecule has 0 aromatic rings. The summed E-state index contributed by atoms with van der Waals surface area (Å²) in [5.41, 5.74) is 0.0363. The summed E-state index contributed by atoms with van der Waals surface area (Å²) >= 11 is 0. The van der Waals surface area contributed by atoms with Gasteiger partial charge in [0.2, 0.25) is 0 Å². The van der Waals surface area contributed by atoms with Crippen LogP contribution in [0.2, 0.25) is 0 Å². The number of aliphatic hydroxyl groups excluding tert-OH is 1. The second-order valence-corrected chi connectivity index (χ2v) is 6.18. The molecule has 0 aromatic heterocycles. The molecule has 5 nitrogen and oxygen atoms in total. The van der Waals surface area contributed by atoms with Crippen LogP contribution in [-0.2, 0) is 4.74 Å². The highest BCUT2D eigenvalue weighted by atomic mass is 16.5. The molecule has 1 spiro atoms. The van der Waals surface area contributed by atoms with E-state index in [2.05, 4.69) is 10.6 Å². The molecule has 5 heteroatoms. The number of rotatable bonds is 5. The predicted octanol–water partition coefficient (Wildman–Crippen LogP) is 1.94. The van der Waals surface area contributed by atoms with Crippen LogP contribution in [0.1, 0.15) is 58.3 Å². The Balaban J connectivity index is 1.68. The fourth-order valence-electron chi connectivity index (χ4n) is 3.31. The molecule has 1 saturated carbocycles. The molecule has 0 bridgehead atoms. The van der Waals surface area contributed by atoms with E-state index in [1.165, 1.54) is 12.8 Å². The van der Waals surface area contributed by atoms with Gasteiger partial charge in [0.1, 0.15) is 0 Å². The maximum absolute atomic E-state index is 11.8. The average Bonchev–Trinajstić information content (AvgIpc) is 2.86. The summed E-state index contributed by atoms with van der Waals surface area (Å²) in [6.07, 6.45) is 7.62. The van der Waals surface area contributed by atoms with Gasteiger partial charge >= 0.3 is 6.03 Å². The molecule has 2 aliphatic rings. The van der Waals surface area contributed by atoms with Crippen LogP contribution in [0, 0.1) is 0 Å². The first-order chi connectivity index (χ1) is 9.63. The molecule has 116 valence electrons. The van der Waals surface area contributed by atoms with Crippen molar-refractivity contribution in [1.29, 1.82) is 0 Å². The maximum Gasteiger partial charge on any atom is 0.315 e. The van der Waals surface area contributed by atoms with Crippen LogP contribution in [0.3, 0.4) is 0 Å². The number of carbonyl (C=O) groups is 1. The monoisotopic (exact) mass is 284 g/mol. The molecular formula is C15H28N2O3. The smallest absolute Gasteiger partial charge is 0.315 e. The van der Waals surface area contributed by atoms with Gasteiger partial charge in [-0.15, -0.1) is 0 Å². The molecule has 2 atom stereocenters. The van der Waals surface area contributed by atoms with Crippen LogP contribution >= 0.6 is 0 Å². The number of hydrogen-bond donors (Lipinski definition) is 3. The Labute approximate surface area is 121 Å². The van der Waals surface area contributed by atoms with Gasteiger partial charge in [0.15, 0.2) is 0 Å². The molecule has 2 unspecified atom stereocenters. The van der Waals surface area contributed by atoms with Crippen LogP contribution < -0.4 is 10.6 Å². The standard InChI is InChI=1S/C15H28N2O3/c1-2-13(18)5-9-16-14(19)17-12-6-10-20-15(11-12)7-3-4-8-15/h12-13,18H,2-11H2,1H3,(H2,16,17,19). The fourth-order valence-corrected chi connectivity index (χ4v) is 3.31. The van der Waals surface area contributed by atoms with E-state index in [1.54, 1.807) is 0 Å². The summed E-state index contributed by atoms with van der Waals surface area (Å²) in [7, 11) is 0. The molecule has 1 aliphatic carbocycles. The minimum atomic E-state index is -0.319. The minimum absolute atomic E-state index is 0.0363. The van der Waals surface area contributed by atoms with Crippen molar-refractivity contribution in [2.24, 2.45) is 0 Å². The normalized spacial score (nSPS) is 26.4. The van der Waals surface area contributed by atoms with Gasteiger partial charge in [0.05, 0.1) is 11.7 Å². The van der Waals surface area contributed by atoms with Crippen molar-refractivity contribution in [3.8, 4) is 0 Å². The first-order valence-electron chi connectivity index (χ1n) is 8.00. The van der Waals surface area contributed by atoms with E-state index in [-0.39, 0.29) is 23.8 Å². The predicted molar refractivity (Wildman–Crippen MR) is 77.6 cm³/mol. The second-order valence-electron chi connectivity index (χ2n) is 6.18. The van der Waals surface area contributed by atoms with Crippen LogP contribution in [0.5, 0.6) is 0 Å². The molecule has 2 fully saturated rings. The number of urea groups is 1. The zero-order chi connectivity index (χ0) is 14.4. The van der Waals surface area contributed by atoms with Crippen molar-refractivity contribution in [3.63, 3.8) is 0 Å². The first-order valence-corrected chi connectivity index (χ1v) is 8.00. The topological polar surface area (TPSA) is 70.6 Å². The molecular weight excluding hydrogens is 256 g/mol. The highest BCUT2D eigenvalue weighted by molar-refractivity contribution is 5.74. The van der Waals surface area contributed by atoms with E-state index in [1.807, 2.05) is 6.92 Å². The van der Waals surface area contributed by atoms with Crippen LogP contribution in [-0.4, -0.2) is 42.0 Å². The molecule has 20 heavy (non-hydrogen) atoms. The third kappa shape index (κ3) is 4.35. The van der Waals surface area contributed by atoms with E-state index in [0.29, 0.717) is 13.0 Å². The van der Waals surface area contributed by atoms with E-state index >= 15 is 0 Å². The molecule has 1 saturated heterocycles. The van der Waals surface area contributed by atoms with Crippen LogP contribution in [0.15, 0.2) is 0 Å². The van der Waals surface area contributed by atoms with Crippen molar-refractivity contribution < 1.29 is 14.6 Å². The number of aliphatic hydroxyl groups is 1. The van der Waals surface area contributed by atoms with Crippen molar-refractivity contribution in [2.75, 3.05) is 13.2 Å². The number of carbonyl (C=O) groups excluding carboxylic acids is 1. The molecule has 1 aliphatic heterocycles. The van der Waals surface area contributed by atoms with Gasteiger partial charge in [-0.3, -0.25) is 0 Å². The summed E-state index contributed by atoms with van der Waals surface area (Å²) in [6.45, 7) is 3.21. The average molecular weight is 284 g/mol. The number of nitrogens with one attached hydrogen (secondary N) is 2. The lowest BCUT2D eigenvalue weighted by Crippen LogP contribution is -2.50. The van der Waals surface area contributed by atoms with Crippen molar-refractivity contribution in [1.82, 2.24) is 10.6 Å². The molecule has 0 radical (unpaired) electrons. The highest BCUT2D eigenvalue weighted by Crippen LogP contribution is 2.39. The lowest BCUT2D eigenvalue weighted by Gasteiger charge is -2.38. The second kappa shape index (κ2) is 7.27. The Morgan fingerprint density at radius 1 is 1.45 bits per heavy atom. The summed E-state index contributed by atoms with van der Waals surface area (Å²) < 4.78 is 5.96. The fraction of sp³-hybridized carbons (Fsp3) is 0.933. The molecule has 2 amide bonds. The Morgan fingerprint density at radius 3 is 2.90 bits per heavy atom. The quantitative estimate of drug-likeness (QED) is 0.722. The highest BCUT2D eigenvalue weighted by Gasteiger charge is 2.40. The van der Waals surface area contributed by atoms with Crippen molar-refractivity contribution in [2.45, 2.75) is 76.0 Å². The van der Waals surface area contributed by atoms with Gasteiger partial charge in [-0.2, -0.15) is 0 Å². The number of ether oxygens (including phenoxy) is 1. The van der Waals surface area contributed by atoms with Gasteiger partial charge in [0, 0.05) is 19.2 Å². The van der Waals surface area contributed by atoms with E-state index in [0.717, 1.165) is 38.7 Å². The summed E-state index contributed by atoms with van der Waals surface area (Å²) in [4.78, 5) is 11.8. The number of hydrogen-bond acceptors (Lipinski definition) is 3. The van der Waals surface area contributed by atoms with Gasteiger partial charge in [-0.1, -0.05) is 19.8 Å². The molecule has 2 rings (SSSR count). The van der Waals surface area contributed by atoms with Gasteiger partial charge in [0.25, 0.3) is 0 Å². The SMILES string of the molecule is CCC(O)CCNC(=O)NC1CCOC2(CCCC2)C1. The van der Waals surface area contributed by atoms with Gasteiger partial charge < -0.3 is 20.5 Å². The van der Waals surface area contributed by atoms with Crippen LogP contribution in [0.4, 0.5) is 4.79 Å². The Hall–Kier alpha value is -0.810. The van der Waals surface area contributed by atoms with Crippen molar-refractivity contribution >= 4 is 6.03 Å². The third-order valence-electron chi connectivity index (χ3n) is 4.58. The lowest BCUT2D eigenvalue weighted by molar-refractivity contribution is -0.0820. The summed E-state index contributed by atoms with van der Waals surface area (Å²) in [5.74, 6) is 0. The van der Waals surface area contributed by atoms with Gasteiger partial charge in [-0.05, 0) is 38.5 Å². The summed E-state index contributed by atoms with van der Waals surface area (Å²) in [6, 6.07) is 0.103. The molecule has 1 heterocycles. The molecule has 0 aromatic carbocycles. The van der Waals surface area contributed by atoms with E-state index in [4.69, 9.17) is 4.74 Å². The Kier molecular flexibility index (Phi) is 5.66. The van der Waals surface area contributed by atoms with Gasteiger partial charge in [-0.25, -0.2) is 4.79 Å². The Morgan fingerprint density at radius 2 is 2.20 bits per heavy atom. The maximum atomic E-state index is 11.8. The van der Waals surface area contributed by atoms with Crippen molar-refractivity contribution in [3.05, 3.63) is 0 Å². The summed E-state index contributed by atoms with van der Waals surface area (Å²) in [5, 5.41) is 15.3. The minimum Gasteiger partial charge on any atom is -0.393 e. The Bertz CT molecular complexity index is 316. The van der Waals surface area contributed by atoms with Crippen LogP contribution in [0.25, 0.3) is 0 Å². The third-order valence-corrected chi connectivity index (χ3v) is 4.58. The zero-order valence-electron chi connectivity index (χ0n) is 12.5.